The molecule has 0 spiro atoms. The summed E-state index contributed by atoms with van der Waals surface area (Å²) < 4.78 is 0. The van der Waals surface area contributed by atoms with Crippen molar-refractivity contribution >= 4 is 29.1 Å². The summed E-state index contributed by atoms with van der Waals surface area (Å²) >= 11 is 11.9. The van der Waals surface area contributed by atoms with Crippen molar-refractivity contribution in [2.75, 3.05) is 20.1 Å². The number of halogens is 2. The van der Waals surface area contributed by atoms with Gasteiger partial charge in [-0.3, -0.25) is 4.79 Å². The fourth-order valence-corrected chi connectivity index (χ4v) is 2.13. The summed E-state index contributed by atoms with van der Waals surface area (Å²) in [5.41, 5.74) is 0.998. The van der Waals surface area contributed by atoms with Crippen molar-refractivity contribution in [1.82, 2.24) is 10.2 Å². The lowest BCUT2D eigenvalue weighted by Crippen LogP contribution is -2.30. The Bertz CT molecular complexity index is 424. The molecule has 19 heavy (non-hydrogen) atoms. The van der Waals surface area contributed by atoms with Crippen molar-refractivity contribution in [3.63, 3.8) is 0 Å². The van der Waals surface area contributed by atoms with Crippen LogP contribution in [-0.4, -0.2) is 30.9 Å². The number of rotatable bonds is 7. The van der Waals surface area contributed by atoms with Crippen LogP contribution in [0.2, 0.25) is 10.0 Å². The number of carbonyl (C=O) groups is 1. The van der Waals surface area contributed by atoms with Crippen molar-refractivity contribution in [2.45, 2.75) is 26.3 Å². The van der Waals surface area contributed by atoms with E-state index in [2.05, 4.69) is 5.32 Å². The monoisotopic (exact) mass is 302 g/mol. The van der Waals surface area contributed by atoms with Gasteiger partial charge in [0.15, 0.2) is 0 Å². The maximum atomic E-state index is 12.0. The second-order valence-electron chi connectivity index (χ2n) is 4.36. The number of carbonyl (C=O) groups excluding carboxylic acids is 1. The molecule has 1 amide bonds. The van der Waals surface area contributed by atoms with Crippen LogP contribution < -0.4 is 5.32 Å². The maximum Gasteiger partial charge on any atom is 0.222 e. The Hall–Kier alpha value is -0.770. The average Bonchev–Trinajstić information content (AvgIpc) is 2.40. The van der Waals surface area contributed by atoms with Crippen LogP contribution in [0.1, 0.15) is 25.3 Å². The molecular weight excluding hydrogens is 283 g/mol. The Labute approximate surface area is 124 Å². The summed E-state index contributed by atoms with van der Waals surface area (Å²) in [6, 6.07) is 5.48. The molecule has 0 atom stereocenters. The van der Waals surface area contributed by atoms with Crippen molar-refractivity contribution < 1.29 is 4.79 Å². The lowest BCUT2D eigenvalue weighted by molar-refractivity contribution is -0.131. The van der Waals surface area contributed by atoms with Crippen LogP contribution in [0.3, 0.4) is 0 Å². The predicted molar refractivity (Wildman–Crippen MR) is 80.7 cm³/mol. The Morgan fingerprint density at radius 2 is 2.05 bits per heavy atom. The standard InChI is InChI=1S/C14H20Cl2N2O/c1-3-18(14(19)5-4-8-17-2)10-11-6-7-12(15)13(16)9-11/h6-7,9,17H,3-5,8,10H2,1-2H3. The van der Waals surface area contributed by atoms with E-state index in [1.54, 1.807) is 6.07 Å². The normalized spacial score (nSPS) is 10.5. The summed E-state index contributed by atoms with van der Waals surface area (Å²) in [6.07, 6.45) is 1.42. The largest absolute Gasteiger partial charge is 0.339 e. The molecule has 0 bridgehead atoms. The molecule has 1 aromatic rings. The van der Waals surface area contributed by atoms with E-state index in [0.29, 0.717) is 29.6 Å². The molecule has 0 radical (unpaired) electrons. The molecule has 0 fully saturated rings. The Balaban J connectivity index is 2.60. The minimum absolute atomic E-state index is 0.170. The summed E-state index contributed by atoms with van der Waals surface area (Å²) in [5, 5.41) is 4.10. The molecule has 0 heterocycles. The van der Waals surface area contributed by atoms with Crippen molar-refractivity contribution in [3.05, 3.63) is 33.8 Å². The van der Waals surface area contributed by atoms with E-state index in [1.807, 2.05) is 31.0 Å². The summed E-state index contributed by atoms with van der Waals surface area (Å²) in [6.45, 7) is 4.11. The van der Waals surface area contributed by atoms with Gasteiger partial charge in [-0.15, -0.1) is 0 Å². The Morgan fingerprint density at radius 1 is 1.32 bits per heavy atom. The van der Waals surface area contributed by atoms with Crippen LogP contribution in [0.25, 0.3) is 0 Å². The third kappa shape index (κ3) is 5.39. The second kappa shape index (κ2) is 8.41. The molecule has 0 saturated heterocycles. The molecular formula is C14H20Cl2N2O. The van der Waals surface area contributed by atoms with E-state index in [4.69, 9.17) is 23.2 Å². The van der Waals surface area contributed by atoms with Gasteiger partial charge in [0, 0.05) is 19.5 Å². The van der Waals surface area contributed by atoms with Gasteiger partial charge < -0.3 is 10.2 Å². The Kier molecular flexibility index (Phi) is 7.21. The third-order valence-corrected chi connectivity index (χ3v) is 3.65. The average molecular weight is 303 g/mol. The zero-order chi connectivity index (χ0) is 14.3. The fraction of sp³-hybridized carbons (Fsp3) is 0.500. The van der Waals surface area contributed by atoms with E-state index in [9.17, 15) is 4.79 Å². The van der Waals surface area contributed by atoms with Gasteiger partial charge in [0.05, 0.1) is 10.0 Å². The number of benzene rings is 1. The summed E-state index contributed by atoms with van der Waals surface area (Å²) in [7, 11) is 1.89. The van der Waals surface area contributed by atoms with E-state index in [-0.39, 0.29) is 5.91 Å². The van der Waals surface area contributed by atoms with E-state index >= 15 is 0 Å². The zero-order valence-electron chi connectivity index (χ0n) is 11.4. The van der Waals surface area contributed by atoms with Crippen LogP contribution in [0.4, 0.5) is 0 Å². The first-order valence-corrected chi connectivity index (χ1v) is 7.20. The van der Waals surface area contributed by atoms with Gasteiger partial charge in [0.2, 0.25) is 5.91 Å². The molecule has 0 unspecified atom stereocenters. The highest BCUT2D eigenvalue weighted by atomic mass is 35.5. The fourth-order valence-electron chi connectivity index (χ4n) is 1.81. The molecule has 0 aliphatic rings. The summed E-state index contributed by atoms with van der Waals surface area (Å²) in [4.78, 5) is 13.9. The number of nitrogens with zero attached hydrogens (tertiary/aromatic N) is 1. The quantitative estimate of drug-likeness (QED) is 0.784. The smallest absolute Gasteiger partial charge is 0.222 e. The third-order valence-electron chi connectivity index (χ3n) is 2.91. The zero-order valence-corrected chi connectivity index (χ0v) is 12.9. The van der Waals surface area contributed by atoms with E-state index in [1.165, 1.54) is 0 Å². The molecule has 106 valence electrons. The maximum absolute atomic E-state index is 12.0. The van der Waals surface area contributed by atoms with E-state index in [0.717, 1.165) is 18.5 Å². The lowest BCUT2D eigenvalue weighted by Gasteiger charge is -2.21. The van der Waals surface area contributed by atoms with Crippen LogP contribution in [-0.2, 0) is 11.3 Å². The van der Waals surface area contributed by atoms with Gasteiger partial charge >= 0.3 is 0 Å². The van der Waals surface area contributed by atoms with Gasteiger partial charge in [0.1, 0.15) is 0 Å². The molecule has 0 aliphatic carbocycles. The van der Waals surface area contributed by atoms with Gasteiger partial charge in [-0.2, -0.15) is 0 Å². The molecule has 0 aliphatic heterocycles. The minimum atomic E-state index is 0.170. The van der Waals surface area contributed by atoms with Crippen molar-refractivity contribution in [3.8, 4) is 0 Å². The van der Waals surface area contributed by atoms with Crippen molar-refractivity contribution in [2.24, 2.45) is 0 Å². The second-order valence-corrected chi connectivity index (χ2v) is 5.18. The molecule has 1 N–H and O–H groups in total. The van der Waals surface area contributed by atoms with E-state index < -0.39 is 0 Å². The number of hydrogen-bond acceptors (Lipinski definition) is 2. The van der Waals surface area contributed by atoms with Crippen LogP contribution in [0.5, 0.6) is 0 Å². The van der Waals surface area contributed by atoms with Gasteiger partial charge in [0.25, 0.3) is 0 Å². The molecule has 0 aromatic heterocycles. The number of hydrogen-bond donors (Lipinski definition) is 1. The molecule has 1 rings (SSSR count). The first-order valence-electron chi connectivity index (χ1n) is 6.44. The van der Waals surface area contributed by atoms with Crippen LogP contribution >= 0.6 is 23.2 Å². The molecule has 3 nitrogen and oxygen atoms in total. The first kappa shape index (κ1) is 16.3. The molecule has 1 aromatic carbocycles. The number of nitrogens with one attached hydrogen (secondary N) is 1. The van der Waals surface area contributed by atoms with Gasteiger partial charge in [-0.1, -0.05) is 29.3 Å². The van der Waals surface area contributed by atoms with Crippen LogP contribution in [0, 0.1) is 0 Å². The van der Waals surface area contributed by atoms with Crippen LogP contribution in [0.15, 0.2) is 18.2 Å². The summed E-state index contributed by atoms with van der Waals surface area (Å²) in [5.74, 6) is 0.170. The topological polar surface area (TPSA) is 32.3 Å². The molecule has 5 heteroatoms. The molecule has 0 saturated carbocycles. The Morgan fingerprint density at radius 3 is 2.63 bits per heavy atom. The minimum Gasteiger partial charge on any atom is -0.339 e. The lowest BCUT2D eigenvalue weighted by atomic mass is 10.2. The van der Waals surface area contributed by atoms with Crippen molar-refractivity contribution in [1.29, 1.82) is 0 Å². The predicted octanol–water partition coefficient (Wildman–Crippen LogP) is 3.34. The first-order chi connectivity index (χ1) is 9.08. The van der Waals surface area contributed by atoms with Gasteiger partial charge in [-0.25, -0.2) is 0 Å². The highest BCUT2D eigenvalue weighted by molar-refractivity contribution is 6.42. The number of amides is 1. The van der Waals surface area contributed by atoms with Gasteiger partial charge in [-0.05, 0) is 44.6 Å². The SMILES string of the molecule is CCN(Cc1ccc(Cl)c(Cl)c1)C(=O)CCCNC. The highest BCUT2D eigenvalue weighted by Gasteiger charge is 2.12. The highest BCUT2D eigenvalue weighted by Crippen LogP contribution is 2.23.